The van der Waals surface area contributed by atoms with Gasteiger partial charge in [0.2, 0.25) is 5.91 Å². The molecule has 1 N–H and O–H groups in total. The number of carbonyl (C=O) groups excluding carboxylic acids is 1. The monoisotopic (exact) mass is 419 g/mol. The molecule has 3 heterocycles. The number of amides is 1. The predicted molar refractivity (Wildman–Crippen MR) is 113 cm³/mol. The number of aryl methyl sites for hydroxylation is 2. The van der Waals surface area contributed by atoms with E-state index < -0.39 is 0 Å². The van der Waals surface area contributed by atoms with Crippen molar-refractivity contribution in [2.24, 2.45) is 17.8 Å². The van der Waals surface area contributed by atoms with Gasteiger partial charge in [-0.2, -0.15) is 5.10 Å². The Morgan fingerprint density at radius 3 is 2.56 bits per heavy atom. The van der Waals surface area contributed by atoms with Gasteiger partial charge in [0.1, 0.15) is 11.6 Å². The lowest BCUT2D eigenvalue weighted by Crippen LogP contribution is -2.42. The summed E-state index contributed by atoms with van der Waals surface area (Å²) >= 11 is 0. The van der Waals surface area contributed by atoms with Gasteiger partial charge in [-0.1, -0.05) is 6.92 Å². The molecule has 0 radical (unpaired) electrons. The highest BCUT2D eigenvalue weighted by atomic mass is 35.5. The van der Waals surface area contributed by atoms with E-state index in [4.69, 9.17) is 0 Å². The van der Waals surface area contributed by atoms with Crippen molar-refractivity contribution >= 4 is 30.7 Å². The van der Waals surface area contributed by atoms with Crippen LogP contribution in [0, 0.1) is 31.6 Å². The van der Waals surface area contributed by atoms with Crippen molar-refractivity contribution in [3.8, 4) is 0 Å². The molecule has 1 amide bonds. The Balaban J connectivity index is 0.00000182. The third-order valence-corrected chi connectivity index (χ3v) is 5.95. The fourth-order valence-corrected chi connectivity index (χ4v) is 4.40. The predicted octanol–water partition coefficient (Wildman–Crippen LogP) is 3.00. The molecule has 2 aliphatic heterocycles. The van der Waals surface area contributed by atoms with Crippen LogP contribution in [-0.2, 0) is 11.3 Å². The zero-order valence-corrected chi connectivity index (χ0v) is 18.4. The van der Waals surface area contributed by atoms with Gasteiger partial charge >= 0.3 is 0 Å². The summed E-state index contributed by atoms with van der Waals surface area (Å²) in [5, 5.41) is 7.89. The summed E-state index contributed by atoms with van der Waals surface area (Å²) in [5.74, 6) is 3.84. The molecular weight excluding hydrogens is 385 g/mol. The summed E-state index contributed by atoms with van der Waals surface area (Å²) < 4.78 is 2.01. The maximum absolute atomic E-state index is 12.8. The van der Waals surface area contributed by atoms with E-state index >= 15 is 0 Å². The molecule has 2 saturated heterocycles. The number of hydrogen-bond acceptors (Lipinski definition) is 4. The maximum atomic E-state index is 12.8. The van der Waals surface area contributed by atoms with Crippen molar-refractivity contribution in [3.63, 3.8) is 0 Å². The van der Waals surface area contributed by atoms with Crippen molar-refractivity contribution in [2.45, 2.75) is 59.4 Å². The van der Waals surface area contributed by atoms with E-state index in [-0.39, 0.29) is 24.8 Å². The van der Waals surface area contributed by atoms with Crippen LogP contribution in [0.15, 0.2) is 0 Å². The summed E-state index contributed by atoms with van der Waals surface area (Å²) in [5.41, 5.74) is 0. The molecule has 2 unspecified atom stereocenters. The van der Waals surface area contributed by atoms with Gasteiger partial charge in [-0.15, -0.1) is 24.8 Å². The maximum Gasteiger partial charge on any atom is 0.222 e. The second kappa shape index (κ2) is 11.2. The average molecular weight is 420 g/mol. The third kappa shape index (κ3) is 6.61. The first-order chi connectivity index (χ1) is 12.0. The van der Waals surface area contributed by atoms with Crippen LogP contribution in [0.4, 0.5) is 0 Å². The van der Waals surface area contributed by atoms with Crippen LogP contribution in [0.2, 0.25) is 0 Å². The number of rotatable bonds is 5. The minimum Gasteiger partial charge on any atom is -0.342 e. The number of likely N-dealkylation sites (tertiary alicyclic amines) is 1. The molecule has 2 fully saturated rings. The van der Waals surface area contributed by atoms with Crippen LogP contribution in [0.3, 0.4) is 0 Å². The zero-order valence-electron chi connectivity index (χ0n) is 16.8. The normalized spacial score (nSPS) is 21.9. The van der Waals surface area contributed by atoms with E-state index in [1.54, 1.807) is 0 Å². The lowest BCUT2D eigenvalue weighted by molar-refractivity contribution is -0.134. The van der Waals surface area contributed by atoms with Gasteiger partial charge in [0.15, 0.2) is 0 Å². The number of piperidine rings is 2. The molecule has 27 heavy (non-hydrogen) atoms. The summed E-state index contributed by atoms with van der Waals surface area (Å²) in [6.07, 6.45) is 5.40. The van der Waals surface area contributed by atoms with Crippen LogP contribution < -0.4 is 5.32 Å². The molecule has 0 saturated carbocycles. The minimum atomic E-state index is 0. The Labute approximate surface area is 175 Å². The number of halogens is 2. The molecule has 0 bridgehead atoms. The van der Waals surface area contributed by atoms with Crippen LogP contribution in [-0.4, -0.2) is 51.8 Å². The van der Waals surface area contributed by atoms with Gasteiger partial charge in [0, 0.05) is 26.1 Å². The zero-order chi connectivity index (χ0) is 17.8. The lowest BCUT2D eigenvalue weighted by Gasteiger charge is -2.35. The van der Waals surface area contributed by atoms with E-state index in [1.165, 1.54) is 19.3 Å². The fraction of sp³-hybridized carbons (Fsp3) is 0.842. The topological polar surface area (TPSA) is 63.1 Å². The first kappa shape index (κ1) is 24.2. The van der Waals surface area contributed by atoms with E-state index in [0.29, 0.717) is 30.1 Å². The summed E-state index contributed by atoms with van der Waals surface area (Å²) in [6.45, 7) is 11.1. The van der Waals surface area contributed by atoms with Crippen molar-refractivity contribution < 1.29 is 4.79 Å². The minimum absolute atomic E-state index is 0. The molecular formula is C19H35Cl2N5O. The summed E-state index contributed by atoms with van der Waals surface area (Å²) in [6, 6.07) is 0. The van der Waals surface area contributed by atoms with E-state index in [0.717, 1.165) is 50.8 Å². The van der Waals surface area contributed by atoms with Gasteiger partial charge in [0.05, 0.1) is 0 Å². The highest BCUT2D eigenvalue weighted by molar-refractivity contribution is 5.85. The molecule has 1 aromatic rings. The molecule has 156 valence electrons. The van der Waals surface area contributed by atoms with Crippen molar-refractivity contribution in [2.75, 3.05) is 26.2 Å². The summed E-state index contributed by atoms with van der Waals surface area (Å²) in [4.78, 5) is 19.3. The number of carbonyl (C=O) groups is 1. The van der Waals surface area contributed by atoms with Crippen molar-refractivity contribution in [3.05, 3.63) is 11.6 Å². The molecule has 0 aromatic carbocycles. The van der Waals surface area contributed by atoms with Crippen LogP contribution in [0.5, 0.6) is 0 Å². The van der Waals surface area contributed by atoms with Gasteiger partial charge in [-0.3, -0.25) is 4.79 Å². The van der Waals surface area contributed by atoms with Crippen LogP contribution in [0.25, 0.3) is 0 Å². The highest BCUT2D eigenvalue weighted by Gasteiger charge is 2.28. The van der Waals surface area contributed by atoms with Crippen LogP contribution >= 0.6 is 24.8 Å². The Kier molecular flexibility index (Phi) is 10.1. The third-order valence-electron chi connectivity index (χ3n) is 5.95. The SMILES string of the molecule is Cc1nc(C)n(CC2CCCN(C(=O)CC(C)C3CCNCC3)C2)n1.Cl.Cl. The van der Waals surface area contributed by atoms with Gasteiger partial charge in [-0.05, 0) is 70.4 Å². The average Bonchev–Trinajstić information content (AvgIpc) is 2.93. The second-order valence-corrected chi connectivity index (χ2v) is 8.01. The number of hydrogen-bond donors (Lipinski definition) is 1. The molecule has 0 spiro atoms. The van der Waals surface area contributed by atoms with E-state index in [9.17, 15) is 4.79 Å². The van der Waals surface area contributed by atoms with Gasteiger partial charge < -0.3 is 10.2 Å². The Morgan fingerprint density at radius 2 is 1.93 bits per heavy atom. The second-order valence-electron chi connectivity index (χ2n) is 8.01. The molecule has 2 atom stereocenters. The molecule has 6 nitrogen and oxygen atoms in total. The molecule has 3 rings (SSSR count). The Morgan fingerprint density at radius 1 is 1.22 bits per heavy atom. The molecule has 8 heteroatoms. The number of nitrogens with one attached hydrogen (secondary N) is 1. The quantitative estimate of drug-likeness (QED) is 0.796. The molecule has 2 aliphatic rings. The molecule has 1 aromatic heterocycles. The fourth-order valence-electron chi connectivity index (χ4n) is 4.40. The van der Waals surface area contributed by atoms with Crippen molar-refractivity contribution in [1.82, 2.24) is 25.0 Å². The van der Waals surface area contributed by atoms with Crippen molar-refractivity contribution in [1.29, 1.82) is 0 Å². The standard InChI is InChI=1S/C19H33N5O.2ClH/c1-14(18-6-8-20-9-7-18)11-19(25)23-10-4-5-17(12-23)13-24-16(3)21-15(2)22-24;;/h14,17-18,20H,4-13H2,1-3H3;2*1H. The lowest BCUT2D eigenvalue weighted by atomic mass is 9.83. The van der Waals surface area contributed by atoms with Gasteiger partial charge in [-0.25, -0.2) is 9.67 Å². The Bertz CT molecular complexity index is 589. The van der Waals surface area contributed by atoms with E-state index in [2.05, 4.69) is 27.2 Å². The van der Waals surface area contributed by atoms with Crippen LogP contribution in [0.1, 0.15) is 50.7 Å². The van der Waals surface area contributed by atoms with E-state index in [1.807, 2.05) is 18.5 Å². The largest absolute Gasteiger partial charge is 0.342 e. The number of aromatic nitrogens is 3. The Hall–Kier alpha value is -0.850. The smallest absolute Gasteiger partial charge is 0.222 e. The molecule has 0 aliphatic carbocycles. The summed E-state index contributed by atoms with van der Waals surface area (Å²) in [7, 11) is 0. The first-order valence-electron chi connectivity index (χ1n) is 9.89. The first-order valence-corrected chi connectivity index (χ1v) is 9.89. The van der Waals surface area contributed by atoms with Gasteiger partial charge in [0.25, 0.3) is 0 Å². The highest BCUT2D eigenvalue weighted by Crippen LogP contribution is 2.26. The number of nitrogens with zero attached hydrogens (tertiary/aromatic N) is 4.